The molecular weight excluding hydrogens is 368 g/mol. The first-order valence-corrected chi connectivity index (χ1v) is 9.30. The third-order valence-corrected chi connectivity index (χ3v) is 4.61. The normalized spacial score (nSPS) is 11.0. The van der Waals surface area contributed by atoms with E-state index in [0.717, 1.165) is 22.0 Å². The van der Waals surface area contributed by atoms with Gasteiger partial charge in [-0.3, -0.25) is 9.59 Å². The highest BCUT2D eigenvalue weighted by Crippen LogP contribution is 2.27. The van der Waals surface area contributed by atoms with Crippen molar-refractivity contribution in [1.29, 1.82) is 0 Å². The summed E-state index contributed by atoms with van der Waals surface area (Å²) in [7, 11) is 3.14. The van der Waals surface area contributed by atoms with E-state index in [1.165, 1.54) is 6.08 Å². The monoisotopic (exact) mass is 392 g/mol. The number of H-pyrrole nitrogens is 1. The Morgan fingerprint density at radius 3 is 2.62 bits per heavy atom. The molecule has 29 heavy (non-hydrogen) atoms. The van der Waals surface area contributed by atoms with Gasteiger partial charge in [0.2, 0.25) is 5.91 Å². The van der Waals surface area contributed by atoms with Crippen molar-refractivity contribution in [3.05, 3.63) is 75.6 Å². The molecule has 0 radical (unpaired) electrons. The number of aryl methyl sites for hydroxylation is 1. The van der Waals surface area contributed by atoms with Crippen LogP contribution in [0.1, 0.15) is 16.7 Å². The van der Waals surface area contributed by atoms with Crippen LogP contribution in [0.5, 0.6) is 11.5 Å². The molecule has 0 fully saturated rings. The molecule has 2 aromatic carbocycles. The molecular formula is C23H24N2O4. The first-order valence-electron chi connectivity index (χ1n) is 9.30. The minimum absolute atomic E-state index is 0.127. The van der Waals surface area contributed by atoms with Crippen LogP contribution in [0, 0.1) is 6.92 Å². The highest BCUT2D eigenvalue weighted by atomic mass is 16.5. The van der Waals surface area contributed by atoms with Crippen molar-refractivity contribution in [1.82, 2.24) is 10.3 Å². The summed E-state index contributed by atoms with van der Waals surface area (Å²) >= 11 is 0. The second-order valence-corrected chi connectivity index (χ2v) is 6.70. The van der Waals surface area contributed by atoms with Crippen LogP contribution in [-0.2, 0) is 11.2 Å². The predicted molar refractivity (Wildman–Crippen MR) is 115 cm³/mol. The van der Waals surface area contributed by atoms with Gasteiger partial charge in [-0.2, -0.15) is 0 Å². The van der Waals surface area contributed by atoms with E-state index in [4.69, 9.17) is 9.47 Å². The Bertz CT molecular complexity index is 1120. The maximum absolute atomic E-state index is 12.2. The van der Waals surface area contributed by atoms with E-state index >= 15 is 0 Å². The summed E-state index contributed by atoms with van der Waals surface area (Å²) in [4.78, 5) is 27.2. The lowest BCUT2D eigenvalue weighted by Gasteiger charge is -2.07. The van der Waals surface area contributed by atoms with Crippen molar-refractivity contribution in [2.24, 2.45) is 0 Å². The number of hydrogen-bond donors (Lipinski definition) is 2. The number of aromatic amines is 1. The molecule has 0 aliphatic heterocycles. The number of carbonyl (C=O) groups excluding carboxylic acids is 1. The number of pyridine rings is 1. The highest BCUT2D eigenvalue weighted by Gasteiger charge is 2.05. The van der Waals surface area contributed by atoms with Gasteiger partial charge in [-0.1, -0.05) is 18.2 Å². The van der Waals surface area contributed by atoms with E-state index in [1.807, 2.05) is 37.3 Å². The van der Waals surface area contributed by atoms with Crippen LogP contribution in [-0.4, -0.2) is 31.7 Å². The molecule has 0 atom stereocenters. The number of nitrogens with one attached hydrogen (secondary N) is 2. The Labute approximate surface area is 169 Å². The number of fused-ring (bicyclic) bond motifs is 1. The van der Waals surface area contributed by atoms with Gasteiger partial charge < -0.3 is 19.8 Å². The summed E-state index contributed by atoms with van der Waals surface area (Å²) in [6.07, 6.45) is 3.60. The number of aromatic nitrogens is 1. The summed E-state index contributed by atoms with van der Waals surface area (Å²) < 4.78 is 10.5. The number of ether oxygens (including phenoxy) is 2. The van der Waals surface area contributed by atoms with E-state index in [9.17, 15) is 9.59 Å². The first kappa shape index (κ1) is 20.2. The molecule has 1 heterocycles. The lowest BCUT2D eigenvalue weighted by molar-refractivity contribution is -0.116. The van der Waals surface area contributed by atoms with Crippen molar-refractivity contribution < 1.29 is 14.3 Å². The molecule has 0 saturated carbocycles. The summed E-state index contributed by atoms with van der Waals surface area (Å²) in [6, 6.07) is 13.2. The molecule has 0 aliphatic carbocycles. The average molecular weight is 392 g/mol. The van der Waals surface area contributed by atoms with Gasteiger partial charge in [-0.05, 0) is 60.2 Å². The fourth-order valence-electron chi connectivity index (χ4n) is 3.05. The summed E-state index contributed by atoms with van der Waals surface area (Å²) in [5.74, 6) is 0.998. The van der Waals surface area contributed by atoms with Crippen molar-refractivity contribution in [3.63, 3.8) is 0 Å². The van der Waals surface area contributed by atoms with Gasteiger partial charge in [0.25, 0.3) is 5.56 Å². The minimum atomic E-state index is -0.229. The Morgan fingerprint density at radius 2 is 1.86 bits per heavy atom. The molecule has 2 N–H and O–H groups in total. The van der Waals surface area contributed by atoms with Gasteiger partial charge in [0, 0.05) is 23.7 Å². The zero-order valence-electron chi connectivity index (χ0n) is 16.7. The maximum atomic E-state index is 12.2. The Balaban J connectivity index is 1.59. The predicted octanol–water partition coefficient (Wildman–Crippen LogP) is 3.23. The van der Waals surface area contributed by atoms with Gasteiger partial charge in [0.05, 0.1) is 14.2 Å². The first-order chi connectivity index (χ1) is 14.0. The van der Waals surface area contributed by atoms with Crippen molar-refractivity contribution >= 4 is 22.9 Å². The SMILES string of the molecule is COc1ccc(/C=C/C(=O)NCCc2cc3ccc(C)cc3[nH]c2=O)cc1OC. The highest BCUT2D eigenvalue weighted by molar-refractivity contribution is 5.91. The average Bonchev–Trinajstić information content (AvgIpc) is 2.72. The zero-order chi connectivity index (χ0) is 20.8. The molecule has 0 saturated heterocycles. The van der Waals surface area contributed by atoms with Crippen LogP contribution >= 0.6 is 0 Å². The smallest absolute Gasteiger partial charge is 0.251 e. The summed E-state index contributed by atoms with van der Waals surface area (Å²) in [5, 5.41) is 3.78. The molecule has 0 bridgehead atoms. The van der Waals surface area contributed by atoms with E-state index in [0.29, 0.717) is 30.0 Å². The molecule has 1 aromatic heterocycles. The molecule has 0 aliphatic rings. The maximum Gasteiger partial charge on any atom is 0.251 e. The number of rotatable bonds is 7. The van der Waals surface area contributed by atoms with E-state index in [2.05, 4.69) is 10.3 Å². The molecule has 0 unspecified atom stereocenters. The zero-order valence-corrected chi connectivity index (χ0v) is 16.7. The lowest BCUT2D eigenvalue weighted by atomic mass is 10.1. The second kappa shape index (κ2) is 9.10. The number of carbonyl (C=O) groups is 1. The molecule has 150 valence electrons. The molecule has 1 amide bonds. The quantitative estimate of drug-likeness (QED) is 0.605. The fraction of sp³-hybridized carbons (Fsp3) is 0.217. The van der Waals surface area contributed by atoms with Gasteiger partial charge in [-0.15, -0.1) is 0 Å². The molecule has 6 nitrogen and oxygen atoms in total. The van der Waals surface area contributed by atoms with Crippen LogP contribution in [0.3, 0.4) is 0 Å². The summed E-state index contributed by atoms with van der Waals surface area (Å²) in [6.45, 7) is 2.35. The van der Waals surface area contributed by atoms with Gasteiger partial charge in [0.1, 0.15) is 0 Å². The van der Waals surface area contributed by atoms with E-state index in [-0.39, 0.29) is 11.5 Å². The summed E-state index contributed by atoms with van der Waals surface area (Å²) in [5.41, 5.74) is 3.25. The van der Waals surface area contributed by atoms with Crippen molar-refractivity contribution in [2.45, 2.75) is 13.3 Å². The number of benzene rings is 2. The fourth-order valence-corrected chi connectivity index (χ4v) is 3.05. The van der Waals surface area contributed by atoms with Crippen LogP contribution in [0.25, 0.3) is 17.0 Å². The lowest BCUT2D eigenvalue weighted by Crippen LogP contribution is -2.25. The van der Waals surface area contributed by atoms with Crippen LogP contribution < -0.4 is 20.3 Å². The number of amides is 1. The molecule has 6 heteroatoms. The third kappa shape index (κ3) is 5.04. The molecule has 0 spiro atoms. The van der Waals surface area contributed by atoms with Gasteiger partial charge in [0.15, 0.2) is 11.5 Å². The molecule has 3 aromatic rings. The van der Waals surface area contributed by atoms with Crippen molar-refractivity contribution in [2.75, 3.05) is 20.8 Å². The third-order valence-electron chi connectivity index (χ3n) is 4.61. The number of hydrogen-bond acceptors (Lipinski definition) is 4. The standard InChI is InChI=1S/C23H24N2O4/c1-15-4-7-17-14-18(23(27)25-19(17)12-15)10-11-24-22(26)9-6-16-5-8-20(28-2)21(13-16)29-3/h4-9,12-14H,10-11H2,1-3H3,(H,24,26)(H,25,27)/b9-6+. The molecule has 3 rings (SSSR count). The largest absolute Gasteiger partial charge is 0.493 e. The van der Waals surface area contributed by atoms with Crippen LogP contribution in [0.15, 0.2) is 53.3 Å². The second-order valence-electron chi connectivity index (χ2n) is 6.70. The van der Waals surface area contributed by atoms with Crippen LogP contribution in [0.2, 0.25) is 0 Å². The van der Waals surface area contributed by atoms with E-state index in [1.54, 1.807) is 32.4 Å². The van der Waals surface area contributed by atoms with Gasteiger partial charge >= 0.3 is 0 Å². The number of methoxy groups -OCH3 is 2. The van der Waals surface area contributed by atoms with Gasteiger partial charge in [-0.25, -0.2) is 0 Å². The Kier molecular flexibility index (Phi) is 6.34. The Morgan fingerprint density at radius 1 is 1.07 bits per heavy atom. The Hall–Kier alpha value is -3.54. The van der Waals surface area contributed by atoms with E-state index < -0.39 is 0 Å². The minimum Gasteiger partial charge on any atom is -0.493 e. The topological polar surface area (TPSA) is 80.4 Å². The van der Waals surface area contributed by atoms with Crippen LogP contribution in [0.4, 0.5) is 0 Å². The van der Waals surface area contributed by atoms with Crippen molar-refractivity contribution in [3.8, 4) is 11.5 Å².